The molecule has 1 aromatic carbocycles. The van der Waals surface area contributed by atoms with Gasteiger partial charge in [-0.2, -0.15) is 0 Å². The van der Waals surface area contributed by atoms with Crippen LogP contribution in [0, 0.1) is 5.92 Å². The van der Waals surface area contributed by atoms with Gasteiger partial charge in [0.05, 0.1) is 0 Å². The molecule has 5 heteroatoms. The van der Waals surface area contributed by atoms with Gasteiger partial charge in [-0.1, -0.05) is 41.9 Å². The van der Waals surface area contributed by atoms with Crippen molar-refractivity contribution >= 4 is 17.5 Å². The Morgan fingerprint density at radius 2 is 2.29 bits per heavy atom. The van der Waals surface area contributed by atoms with Gasteiger partial charge in [-0.25, -0.2) is 0 Å². The lowest BCUT2D eigenvalue weighted by Gasteiger charge is -2.16. The second-order valence-corrected chi connectivity index (χ2v) is 5.96. The van der Waals surface area contributed by atoms with Gasteiger partial charge in [0.15, 0.2) is 5.69 Å². The SMILES string of the molecule is C[C@H]1CCc2onc(C(=O)NCc3ccccc3Cl)c2C1. The number of aromatic nitrogens is 1. The summed E-state index contributed by atoms with van der Waals surface area (Å²) in [6.45, 7) is 2.57. The highest BCUT2D eigenvalue weighted by Gasteiger charge is 2.26. The first-order valence-electron chi connectivity index (χ1n) is 7.14. The number of aryl methyl sites for hydroxylation is 1. The number of hydrogen-bond acceptors (Lipinski definition) is 3. The highest BCUT2D eigenvalue weighted by Crippen LogP contribution is 2.27. The third-order valence-corrected chi connectivity index (χ3v) is 4.27. The highest BCUT2D eigenvalue weighted by atomic mass is 35.5. The number of hydrogen-bond donors (Lipinski definition) is 1. The lowest BCUT2D eigenvalue weighted by atomic mass is 9.88. The van der Waals surface area contributed by atoms with E-state index in [0.717, 1.165) is 36.1 Å². The Labute approximate surface area is 128 Å². The normalized spacial score (nSPS) is 17.3. The first kappa shape index (κ1) is 14.1. The van der Waals surface area contributed by atoms with Crippen LogP contribution >= 0.6 is 11.6 Å². The second-order valence-electron chi connectivity index (χ2n) is 5.55. The number of benzene rings is 1. The monoisotopic (exact) mass is 304 g/mol. The van der Waals surface area contributed by atoms with Gasteiger partial charge in [0.1, 0.15) is 5.76 Å². The van der Waals surface area contributed by atoms with Crippen LogP contribution in [0.25, 0.3) is 0 Å². The van der Waals surface area contributed by atoms with E-state index in [9.17, 15) is 4.79 Å². The van der Waals surface area contributed by atoms with Gasteiger partial charge in [-0.15, -0.1) is 0 Å². The maximum absolute atomic E-state index is 12.3. The van der Waals surface area contributed by atoms with Crippen molar-refractivity contribution in [2.24, 2.45) is 5.92 Å². The molecular weight excluding hydrogens is 288 g/mol. The molecular formula is C16H17ClN2O2. The molecule has 0 saturated carbocycles. The number of halogens is 1. The van der Waals surface area contributed by atoms with Crippen LogP contribution in [0.5, 0.6) is 0 Å². The fourth-order valence-corrected chi connectivity index (χ4v) is 2.86. The summed E-state index contributed by atoms with van der Waals surface area (Å²) in [5, 5.41) is 7.45. The molecule has 1 aliphatic rings. The minimum atomic E-state index is -0.200. The zero-order valence-electron chi connectivity index (χ0n) is 11.9. The molecule has 0 spiro atoms. The largest absolute Gasteiger partial charge is 0.360 e. The average molecular weight is 305 g/mol. The zero-order chi connectivity index (χ0) is 14.8. The van der Waals surface area contributed by atoms with Crippen LogP contribution in [0.15, 0.2) is 28.8 Å². The summed E-state index contributed by atoms with van der Waals surface area (Å²) >= 11 is 6.08. The Morgan fingerprint density at radius 1 is 1.48 bits per heavy atom. The number of nitrogens with one attached hydrogen (secondary N) is 1. The van der Waals surface area contributed by atoms with E-state index in [2.05, 4.69) is 17.4 Å². The van der Waals surface area contributed by atoms with Crippen LogP contribution in [0.1, 0.15) is 40.7 Å². The Bertz CT molecular complexity index is 666. The number of fused-ring (bicyclic) bond motifs is 1. The van der Waals surface area contributed by atoms with E-state index >= 15 is 0 Å². The maximum atomic E-state index is 12.3. The smallest absolute Gasteiger partial charge is 0.274 e. The Balaban J connectivity index is 1.72. The second kappa shape index (κ2) is 5.90. The predicted molar refractivity (Wildman–Crippen MR) is 80.3 cm³/mol. The molecule has 2 aromatic rings. The van der Waals surface area contributed by atoms with Gasteiger partial charge < -0.3 is 9.84 Å². The van der Waals surface area contributed by atoms with Crippen molar-refractivity contribution in [1.82, 2.24) is 10.5 Å². The fraction of sp³-hybridized carbons (Fsp3) is 0.375. The molecule has 1 atom stereocenters. The molecule has 0 radical (unpaired) electrons. The van der Waals surface area contributed by atoms with Crippen molar-refractivity contribution < 1.29 is 9.32 Å². The van der Waals surface area contributed by atoms with E-state index in [-0.39, 0.29) is 5.91 Å². The van der Waals surface area contributed by atoms with E-state index in [0.29, 0.717) is 23.2 Å². The van der Waals surface area contributed by atoms with Crippen LogP contribution in [-0.2, 0) is 19.4 Å². The minimum Gasteiger partial charge on any atom is -0.360 e. The van der Waals surface area contributed by atoms with Crippen LogP contribution in [0.3, 0.4) is 0 Å². The number of amides is 1. The predicted octanol–water partition coefficient (Wildman–Crippen LogP) is 3.38. The van der Waals surface area contributed by atoms with Gasteiger partial charge in [-0.05, 0) is 30.4 Å². The van der Waals surface area contributed by atoms with Crippen molar-refractivity contribution in [3.63, 3.8) is 0 Å². The quantitative estimate of drug-likeness (QED) is 0.945. The molecule has 1 aromatic heterocycles. The van der Waals surface area contributed by atoms with Crippen LogP contribution in [0.2, 0.25) is 5.02 Å². The molecule has 21 heavy (non-hydrogen) atoms. The first-order valence-corrected chi connectivity index (χ1v) is 7.52. The highest BCUT2D eigenvalue weighted by molar-refractivity contribution is 6.31. The lowest BCUT2D eigenvalue weighted by Crippen LogP contribution is -2.25. The minimum absolute atomic E-state index is 0.200. The number of carbonyl (C=O) groups is 1. The summed E-state index contributed by atoms with van der Waals surface area (Å²) in [5.41, 5.74) is 2.27. The van der Waals surface area contributed by atoms with E-state index < -0.39 is 0 Å². The molecule has 110 valence electrons. The fourth-order valence-electron chi connectivity index (χ4n) is 2.66. The van der Waals surface area contributed by atoms with Crippen molar-refractivity contribution in [2.75, 3.05) is 0 Å². The van der Waals surface area contributed by atoms with Crippen molar-refractivity contribution in [3.8, 4) is 0 Å². The Hall–Kier alpha value is -1.81. The summed E-state index contributed by atoms with van der Waals surface area (Å²) in [4.78, 5) is 12.3. The molecule has 0 unspecified atom stereocenters. The van der Waals surface area contributed by atoms with E-state index in [1.807, 2.05) is 24.3 Å². The Kier molecular flexibility index (Phi) is 3.97. The van der Waals surface area contributed by atoms with Crippen LogP contribution in [-0.4, -0.2) is 11.1 Å². The standard InChI is InChI=1S/C16H17ClN2O2/c1-10-6-7-14-12(8-10)15(19-21-14)16(20)18-9-11-4-2-3-5-13(11)17/h2-5,10H,6-9H2,1H3,(H,18,20)/t10-/m0/s1. The molecule has 1 N–H and O–H groups in total. The number of carbonyl (C=O) groups excluding carboxylic acids is 1. The third kappa shape index (κ3) is 2.95. The maximum Gasteiger partial charge on any atom is 0.274 e. The third-order valence-electron chi connectivity index (χ3n) is 3.90. The lowest BCUT2D eigenvalue weighted by molar-refractivity contribution is 0.0941. The van der Waals surface area contributed by atoms with Gasteiger partial charge in [0, 0.05) is 23.6 Å². The topological polar surface area (TPSA) is 55.1 Å². The summed E-state index contributed by atoms with van der Waals surface area (Å²) < 4.78 is 5.30. The van der Waals surface area contributed by atoms with Crippen molar-refractivity contribution in [3.05, 3.63) is 51.9 Å². The van der Waals surface area contributed by atoms with Crippen molar-refractivity contribution in [2.45, 2.75) is 32.7 Å². The van der Waals surface area contributed by atoms with Gasteiger partial charge >= 0.3 is 0 Å². The molecule has 1 amide bonds. The molecule has 0 bridgehead atoms. The molecule has 0 fully saturated rings. The molecule has 1 heterocycles. The van der Waals surface area contributed by atoms with Gasteiger partial charge in [0.25, 0.3) is 5.91 Å². The van der Waals surface area contributed by atoms with E-state index in [1.54, 1.807) is 0 Å². The number of nitrogens with zero attached hydrogens (tertiary/aromatic N) is 1. The Morgan fingerprint density at radius 3 is 3.10 bits per heavy atom. The molecule has 3 rings (SSSR count). The molecule has 1 aliphatic carbocycles. The van der Waals surface area contributed by atoms with Gasteiger partial charge in [-0.3, -0.25) is 4.79 Å². The van der Waals surface area contributed by atoms with Crippen LogP contribution < -0.4 is 5.32 Å². The number of rotatable bonds is 3. The summed E-state index contributed by atoms with van der Waals surface area (Å²) in [6, 6.07) is 7.46. The van der Waals surface area contributed by atoms with E-state index in [1.165, 1.54) is 0 Å². The zero-order valence-corrected chi connectivity index (χ0v) is 12.6. The van der Waals surface area contributed by atoms with E-state index in [4.69, 9.17) is 16.1 Å². The average Bonchev–Trinajstić information content (AvgIpc) is 2.89. The van der Waals surface area contributed by atoms with Crippen molar-refractivity contribution in [1.29, 1.82) is 0 Å². The first-order chi connectivity index (χ1) is 10.1. The summed E-state index contributed by atoms with van der Waals surface area (Å²) in [7, 11) is 0. The molecule has 0 aliphatic heterocycles. The summed E-state index contributed by atoms with van der Waals surface area (Å²) in [5.74, 6) is 1.22. The molecule has 0 saturated heterocycles. The molecule has 4 nitrogen and oxygen atoms in total. The van der Waals surface area contributed by atoms with Crippen LogP contribution in [0.4, 0.5) is 0 Å². The summed E-state index contributed by atoms with van der Waals surface area (Å²) in [6.07, 6.45) is 2.80. The van der Waals surface area contributed by atoms with Gasteiger partial charge in [0.2, 0.25) is 0 Å².